The molecule has 1 fully saturated rings. The SMILES string of the molecule is Cc1cc(NS(=O)(=O)c2ccc(NC(=O)C3CCN(c4ccc(-n5cncn5)nn4)CC3)cc2)nc(C)n1. The fourth-order valence-corrected chi connectivity index (χ4v) is 5.23. The first-order valence-corrected chi connectivity index (χ1v) is 13.4. The molecule has 0 spiro atoms. The largest absolute Gasteiger partial charge is 0.355 e. The molecule has 0 saturated carbocycles. The molecule has 4 heterocycles. The number of benzene rings is 1. The molecule has 1 aliphatic rings. The predicted octanol–water partition coefficient (Wildman–Crippen LogP) is 2.12. The third kappa shape index (κ3) is 5.75. The highest BCUT2D eigenvalue weighted by molar-refractivity contribution is 7.92. The first-order chi connectivity index (χ1) is 18.3. The molecule has 3 aromatic heterocycles. The number of anilines is 3. The lowest BCUT2D eigenvalue weighted by Gasteiger charge is -2.31. The third-order valence-corrected chi connectivity index (χ3v) is 7.49. The minimum Gasteiger partial charge on any atom is -0.355 e. The zero-order chi connectivity index (χ0) is 26.7. The number of piperidine rings is 1. The number of sulfonamides is 1. The highest BCUT2D eigenvalue weighted by atomic mass is 32.2. The second-order valence-corrected chi connectivity index (χ2v) is 10.6. The fraction of sp³-hybridized carbons (Fsp3) is 0.292. The topological polar surface area (TPSA) is 161 Å². The smallest absolute Gasteiger partial charge is 0.263 e. The second-order valence-electron chi connectivity index (χ2n) is 8.91. The Bertz CT molecular complexity index is 1500. The van der Waals surface area contributed by atoms with Crippen LogP contribution in [0.5, 0.6) is 0 Å². The molecule has 0 atom stereocenters. The number of aromatic nitrogens is 7. The van der Waals surface area contributed by atoms with Gasteiger partial charge in [0, 0.05) is 36.5 Å². The van der Waals surface area contributed by atoms with Gasteiger partial charge in [-0.3, -0.25) is 9.52 Å². The van der Waals surface area contributed by atoms with Gasteiger partial charge in [0.05, 0.1) is 4.90 Å². The highest BCUT2D eigenvalue weighted by Crippen LogP contribution is 2.24. The van der Waals surface area contributed by atoms with E-state index in [0.717, 1.165) is 5.82 Å². The Hall–Kier alpha value is -4.46. The fourth-order valence-electron chi connectivity index (χ4n) is 4.23. The van der Waals surface area contributed by atoms with Crippen LogP contribution in [0, 0.1) is 19.8 Å². The number of hydrogen-bond acceptors (Lipinski definition) is 10. The summed E-state index contributed by atoms with van der Waals surface area (Å²) < 4.78 is 29.5. The molecule has 1 saturated heterocycles. The number of aryl methyl sites for hydroxylation is 2. The van der Waals surface area contributed by atoms with Crippen LogP contribution in [0.15, 0.2) is 60.0 Å². The maximum Gasteiger partial charge on any atom is 0.263 e. The van der Waals surface area contributed by atoms with Gasteiger partial charge in [0.2, 0.25) is 5.91 Å². The van der Waals surface area contributed by atoms with E-state index in [9.17, 15) is 13.2 Å². The van der Waals surface area contributed by atoms with E-state index in [4.69, 9.17) is 0 Å². The van der Waals surface area contributed by atoms with E-state index in [0.29, 0.717) is 49.0 Å². The molecule has 1 aromatic carbocycles. The quantitative estimate of drug-likeness (QED) is 0.359. The molecule has 1 aliphatic heterocycles. The Balaban J connectivity index is 1.15. The number of carbonyl (C=O) groups excluding carboxylic acids is 1. The lowest BCUT2D eigenvalue weighted by Crippen LogP contribution is -2.38. The van der Waals surface area contributed by atoms with Gasteiger partial charge in [-0.05, 0) is 63.1 Å². The summed E-state index contributed by atoms with van der Waals surface area (Å²) in [5, 5.41) is 15.4. The molecular formula is C24H26N10O3S. The number of hydrogen-bond donors (Lipinski definition) is 2. The van der Waals surface area contributed by atoms with E-state index in [-0.39, 0.29) is 22.5 Å². The standard InChI is InChI=1S/C24H26N10O3S/c1-16-13-21(28-17(2)27-16)32-38(36,37)20-5-3-19(4-6-20)29-24(35)18-9-11-33(12-10-18)22-7-8-23(31-30-22)34-15-25-14-26-34/h3-8,13-15,18H,9-12H2,1-2H3,(H,29,35)(H,27,28,32). The van der Waals surface area contributed by atoms with Gasteiger partial charge in [-0.1, -0.05) is 0 Å². The summed E-state index contributed by atoms with van der Waals surface area (Å²) in [6.45, 7) is 4.79. The number of nitrogens with zero attached hydrogens (tertiary/aromatic N) is 8. The maximum absolute atomic E-state index is 12.9. The van der Waals surface area contributed by atoms with Gasteiger partial charge in [-0.15, -0.1) is 10.2 Å². The summed E-state index contributed by atoms with van der Waals surface area (Å²) in [5.74, 6) is 1.73. The minimum absolute atomic E-state index is 0.0636. The van der Waals surface area contributed by atoms with Gasteiger partial charge < -0.3 is 10.2 Å². The first-order valence-electron chi connectivity index (χ1n) is 12.0. The van der Waals surface area contributed by atoms with Crippen molar-refractivity contribution < 1.29 is 13.2 Å². The van der Waals surface area contributed by atoms with E-state index >= 15 is 0 Å². The van der Waals surface area contributed by atoms with Crippen molar-refractivity contribution in [3.8, 4) is 5.82 Å². The van der Waals surface area contributed by atoms with Crippen molar-refractivity contribution in [2.24, 2.45) is 5.92 Å². The average Bonchev–Trinajstić information content (AvgIpc) is 3.44. The van der Waals surface area contributed by atoms with Gasteiger partial charge in [0.1, 0.15) is 24.3 Å². The van der Waals surface area contributed by atoms with Crippen LogP contribution in [0.3, 0.4) is 0 Å². The van der Waals surface area contributed by atoms with Crippen LogP contribution in [0.2, 0.25) is 0 Å². The summed E-state index contributed by atoms with van der Waals surface area (Å²) in [6, 6.07) is 11.3. The van der Waals surface area contributed by atoms with Crippen LogP contribution in [-0.2, 0) is 14.8 Å². The van der Waals surface area contributed by atoms with E-state index in [1.165, 1.54) is 23.1 Å². The molecule has 13 nitrogen and oxygen atoms in total. The van der Waals surface area contributed by atoms with Crippen molar-refractivity contribution in [2.45, 2.75) is 31.6 Å². The predicted molar refractivity (Wildman–Crippen MR) is 139 cm³/mol. The summed E-state index contributed by atoms with van der Waals surface area (Å²) in [4.78, 5) is 27.2. The number of amides is 1. The molecule has 2 N–H and O–H groups in total. The number of nitrogens with one attached hydrogen (secondary N) is 2. The van der Waals surface area contributed by atoms with Crippen molar-refractivity contribution in [1.29, 1.82) is 0 Å². The molecule has 0 unspecified atom stereocenters. The number of carbonyl (C=O) groups is 1. The molecule has 196 valence electrons. The average molecular weight is 535 g/mol. The van der Waals surface area contributed by atoms with E-state index in [1.54, 1.807) is 38.4 Å². The Kier molecular flexibility index (Phi) is 6.96. The van der Waals surface area contributed by atoms with Crippen LogP contribution in [0.1, 0.15) is 24.4 Å². The van der Waals surface area contributed by atoms with E-state index in [1.807, 2.05) is 12.1 Å². The van der Waals surface area contributed by atoms with Crippen LogP contribution in [0.4, 0.5) is 17.3 Å². The Morgan fingerprint density at radius 2 is 1.68 bits per heavy atom. The van der Waals surface area contributed by atoms with Gasteiger partial charge in [-0.2, -0.15) is 5.10 Å². The molecule has 0 aliphatic carbocycles. The Morgan fingerprint density at radius 1 is 0.974 bits per heavy atom. The maximum atomic E-state index is 12.9. The summed E-state index contributed by atoms with van der Waals surface area (Å²) in [5.41, 5.74) is 1.19. The van der Waals surface area contributed by atoms with E-state index in [2.05, 4.69) is 45.2 Å². The monoisotopic (exact) mass is 534 g/mol. The normalized spacial score (nSPS) is 14.3. The zero-order valence-corrected chi connectivity index (χ0v) is 21.6. The number of rotatable bonds is 7. The van der Waals surface area contributed by atoms with Crippen LogP contribution < -0.4 is 14.9 Å². The molecule has 14 heteroatoms. The lowest BCUT2D eigenvalue weighted by molar-refractivity contribution is -0.120. The molecule has 5 rings (SSSR count). The van der Waals surface area contributed by atoms with Crippen LogP contribution >= 0.6 is 0 Å². The molecular weight excluding hydrogens is 508 g/mol. The Labute approximate surface area is 219 Å². The summed E-state index contributed by atoms with van der Waals surface area (Å²) in [7, 11) is -3.84. The molecule has 38 heavy (non-hydrogen) atoms. The van der Waals surface area contributed by atoms with Crippen LogP contribution in [-0.4, -0.2) is 62.3 Å². The molecule has 4 aromatic rings. The van der Waals surface area contributed by atoms with E-state index < -0.39 is 10.0 Å². The van der Waals surface area contributed by atoms with Crippen molar-refractivity contribution in [2.75, 3.05) is 28.0 Å². The van der Waals surface area contributed by atoms with Crippen molar-refractivity contribution in [3.05, 3.63) is 66.6 Å². The summed E-state index contributed by atoms with van der Waals surface area (Å²) >= 11 is 0. The van der Waals surface area contributed by atoms with Gasteiger partial charge in [0.25, 0.3) is 10.0 Å². The second kappa shape index (κ2) is 10.5. The van der Waals surface area contributed by atoms with Gasteiger partial charge in [-0.25, -0.2) is 28.1 Å². The zero-order valence-electron chi connectivity index (χ0n) is 20.8. The minimum atomic E-state index is -3.84. The molecule has 1 amide bonds. The lowest BCUT2D eigenvalue weighted by atomic mass is 9.96. The highest BCUT2D eigenvalue weighted by Gasteiger charge is 2.26. The van der Waals surface area contributed by atoms with Gasteiger partial charge in [0.15, 0.2) is 11.6 Å². The van der Waals surface area contributed by atoms with Crippen molar-refractivity contribution in [3.63, 3.8) is 0 Å². The van der Waals surface area contributed by atoms with Gasteiger partial charge >= 0.3 is 0 Å². The third-order valence-electron chi connectivity index (χ3n) is 6.12. The van der Waals surface area contributed by atoms with Crippen LogP contribution in [0.25, 0.3) is 5.82 Å². The Morgan fingerprint density at radius 3 is 2.32 bits per heavy atom. The molecule has 0 radical (unpaired) electrons. The van der Waals surface area contributed by atoms with Crippen molar-refractivity contribution in [1.82, 2.24) is 34.9 Å². The summed E-state index contributed by atoms with van der Waals surface area (Å²) in [6.07, 6.45) is 4.31. The first kappa shape index (κ1) is 25.2. The van der Waals surface area contributed by atoms with Crippen molar-refractivity contribution >= 4 is 33.3 Å². The molecule has 0 bridgehead atoms.